The Balaban J connectivity index is 1.72. The number of imide groups is 1. The minimum absolute atomic E-state index is 0.149. The Kier molecular flexibility index (Phi) is 2.38. The summed E-state index contributed by atoms with van der Waals surface area (Å²) in [5.41, 5.74) is -0.713. The van der Waals surface area contributed by atoms with Gasteiger partial charge in [-0.2, -0.15) is 0 Å². The van der Waals surface area contributed by atoms with Crippen LogP contribution in [0.1, 0.15) is 19.8 Å². The fourth-order valence-corrected chi connectivity index (χ4v) is 2.48. The summed E-state index contributed by atoms with van der Waals surface area (Å²) in [4.78, 5) is 25.3. The second-order valence-corrected chi connectivity index (χ2v) is 4.99. The molecule has 1 saturated carbocycles. The normalized spacial score (nSPS) is 34.5. The number of carbonyl (C=O) groups is 2. The molecule has 6 nitrogen and oxygen atoms in total. The summed E-state index contributed by atoms with van der Waals surface area (Å²) >= 11 is 0. The Hall–Kier alpha value is -1.14. The van der Waals surface area contributed by atoms with Gasteiger partial charge in [-0.25, -0.2) is 4.79 Å². The zero-order valence-electron chi connectivity index (χ0n) is 9.77. The number of nitrogens with zero attached hydrogens (tertiary/aromatic N) is 1. The lowest BCUT2D eigenvalue weighted by molar-refractivity contribution is -0.135. The van der Waals surface area contributed by atoms with Crippen LogP contribution >= 0.6 is 0 Å². The molecule has 0 aromatic carbocycles. The lowest BCUT2D eigenvalue weighted by Gasteiger charge is -2.21. The molecule has 3 aliphatic rings. The molecule has 6 heteroatoms. The Morgan fingerprint density at radius 2 is 2.00 bits per heavy atom. The van der Waals surface area contributed by atoms with Gasteiger partial charge in [0.25, 0.3) is 5.91 Å². The highest BCUT2D eigenvalue weighted by molar-refractivity contribution is 6.07. The largest absolute Gasteiger partial charge is 0.348 e. The summed E-state index contributed by atoms with van der Waals surface area (Å²) in [5, 5.41) is 2.79. The van der Waals surface area contributed by atoms with Gasteiger partial charge in [-0.1, -0.05) is 0 Å². The number of rotatable bonds is 3. The van der Waals surface area contributed by atoms with Crippen molar-refractivity contribution in [2.24, 2.45) is 5.92 Å². The van der Waals surface area contributed by atoms with Gasteiger partial charge in [-0.3, -0.25) is 9.69 Å². The fourth-order valence-electron chi connectivity index (χ4n) is 2.48. The predicted molar refractivity (Wildman–Crippen MR) is 57.1 cm³/mol. The Morgan fingerprint density at radius 1 is 1.35 bits per heavy atom. The SMILES string of the molecule is C[C@]1(C2CC2)NC(=O)N(CC2OCCO2)C1=O. The molecule has 1 aliphatic carbocycles. The van der Waals surface area contributed by atoms with Crippen molar-refractivity contribution in [1.29, 1.82) is 0 Å². The maximum absolute atomic E-state index is 12.2. The van der Waals surface area contributed by atoms with Crippen LogP contribution in [0.5, 0.6) is 0 Å². The maximum Gasteiger partial charge on any atom is 0.325 e. The van der Waals surface area contributed by atoms with Crippen LogP contribution in [0.4, 0.5) is 4.79 Å². The van der Waals surface area contributed by atoms with Crippen LogP contribution in [-0.2, 0) is 14.3 Å². The number of nitrogens with one attached hydrogen (secondary N) is 1. The summed E-state index contributed by atoms with van der Waals surface area (Å²) < 4.78 is 10.5. The summed E-state index contributed by atoms with van der Waals surface area (Å²) in [6.45, 7) is 3.04. The van der Waals surface area contributed by atoms with Crippen molar-refractivity contribution in [1.82, 2.24) is 10.2 Å². The zero-order chi connectivity index (χ0) is 12.0. The van der Waals surface area contributed by atoms with Gasteiger partial charge in [0.05, 0.1) is 19.8 Å². The molecule has 0 radical (unpaired) electrons. The van der Waals surface area contributed by atoms with E-state index in [0.717, 1.165) is 12.8 Å². The van der Waals surface area contributed by atoms with Crippen molar-refractivity contribution in [3.05, 3.63) is 0 Å². The molecule has 94 valence electrons. The van der Waals surface area contributed by atoms with Crippen molar-refractivity contribution in [2.45, 2.75) is 31.6 Å². The standard InChI is InChI=1S/C11H16N2O4/c1-11(7-2-3-7)9(14)13(10(15)12-11)6-8-16-4-5-17-8/h7-8H,2-6H2,1H3,(H,12,15)/t11-/m1/s1. The average molecular weight is 240 g/mol. The fraction of sp³-hybridized carbons (Fsp3) is 0.818. The lowest BCUT2D eigenvalue weighted by atomic mass is 9.96. The number of amides is 3. The highest BCUT2D eigenvalue weighted by Gasteiger charge is 2.56. The van der Waals surface area contributed by atoms with Gasteiger partial charge < -0.3 is 14.8 Å². The van der Waals surface area contributed by atoms with Gasteiger partial charge in [0, 0.05) is 0 Å². The minimum atomic E-state index is -0.713. The molecule has 0 aromatic heterocycles. The molecule has 3 fully saturated rings. The zero-order valence-corrected chi connectivity index (χ0v) is 9.77. The summed E-state index contributed by atoms with van der Waals surface area (Å²) in [5.74, 6) is 0.137. The van der Waals surface area contributed by atoms with E-state index in [4.69, 9.17) is 9.47 Å². The van der Waals surface area contributed by atoms with Crippen LogP contribution in [0.3, 0.4) is 0 Å². The Labute approximate surface area is 99.2 Å². The molecule has 3 rings (SSSR count). The first-order chi connectivity index (χ1) is 8.11. The van der Waals surface area contributed by atoms with Crippen molar-refractivity contribution < 1.29 is 19.1 Å². The van der Waals surface area contributed by atoms with Gasteiger partial charge in [0.15, 0.2) is 6.29 Å². The monoisotopic (exact) mass is 240 g/mol. The smallest absolute Gasteiger partial charge is 0.325 e. The number of carbonyl (C=O) groups excluding carboxylic acids is 2. The molecule has 0 bridgehead atoms. The van der Waals surface area contributed by atoms with E-state index in [0.29, 0.717) is 13.2 Å². The first-order valence-corrected chi connectivity index (χ1v) is 5.98. The summed E-state index contributed by atoms with van der Waals surface area (Å²) in [6.07, 6.45) is 1.55. The minimum Gasteiger partial charge on any atom is -0.348 e. The van der Waals surface area contributed by atoms with Gasteiger partial charge in [-0.05, 0) is 25.7 Å². The van der Waals surface area contributed by atoms with Gasteiger partial charge in [0.1, 0.15) is 5.54 Å². The Morgan fingerprint density at radius 3 is 2.59 bits per heavy atom. The van der Waals surface area contributed by atoms with Crippen LogP contribution in [0.15, 0.2) is 0 Å². The summed E-state index contributed by atoms with van der Waals surface area (Å²) in [7, 11) is 0. The van der Waals surface area contributed by atoms with Crippen molar-refractivity contribution in [2.75, 3.05) is 19.8 Å². The molecule has 3 amide bonds. The molecular formula is C11H16N2O4. The third kappa shape index (κ3) is 1.71. The van der Waals surface area contributed by atoms with Crippen LogP contribution < -0.4 is 5.32 Å². The van der Waals surface area contributed by atoms with E-state index in [9.17, 15) is 9.59 Å². The first kappa shape index (κ1) is 11.0. The Bertz CT molecular complexity index is 362. The van der Waals surface area contributed by atoms with Crippen molar-refractivity contribution >= 4 is 11.9 Å². The molecule has 2 heterocycles. The van der Waals surface area contributed by atoms with Crippen molar-refractivity contribution in [3.8, 4) is 0 Å². The second kappa shape index (κ2) is 3.68. The predicted octanol–water partition coefficient (Wildman–Crippen LogP) is 0.0798. The van der Waals surface area contributed by atoms with Gasteiger partial charge >= 0.3 is 6.03 Å². The molecule has 2 aliphatic heterocycles. The van der Waals surface area contributed by atoms with E-state index in [1.807, 2.05) is 0 Å². The maximum atomic E-state index is 12.2. The van der Waals surface area contributed by atoms with E-state index in [-0.39, 0.29) is 24.4 Å². The van der Waals surface area contributed by atoms with E-state index in [1.165, 1.54) is 4.90 Å². The third-order valence-corrected chi connectivity index (χ3v) is 3.72. The summed E-state index contributed by atoms with van der Waals surface area (Å²) in [6, 6.07) is -0.330. The van der Waals surface area contributed by atoms with Gasteiger partial charge in [-0.15, -0.1) is 0 Å². The van der Waals surface area contributed by atoms with E-state index < -0.39 is 11.8 Å². The van der Waals surface area contributed by atoms with Crippen LogP contribution in [0.2, 0.25) is 0 Å². The average Bonchev–Trinajstić information content (AvgIpc) is 2.99. The molecule has 1 atom stereocenters. The molecule has 0 unspecified atom stereocenters. The number of urea groups is 1. The molecule has 2 saturated heterocycles. The highest BCUT2D eigenvalue weighted by atomic mass is 16.7. The van der Waals surface area contributed by atoms with E-state index in [2.05, 4.69) is 5.32 Å². The topological polar surface area (TPSA) is 67.9 Å². The lowest BCUT2D eigenvalue weighted by Crippen LogP contribution is -2.46. The number of hydrogen-bond donors (Lipinski definition) is 1. The van der Waals surface area contributed by atoms with Gasteiger partial charge in [0.2, 0.25) is 0 Å². The number of ether oxygens (including phenoxy) is 2. The third-order valence-electron chi connectivity index (χ3n) is 3.72. The molecular weight excluding hydrogens is 224 g/mol. The quantitative estimate of drug-likeness (QED) is 0.709. The highest BCUT2D eigenvalue weighted by Crippen LogP contribution is 2.42. The van der Waals surface area contributed by atoms with E-state index in [1.54, 1.807) is 6.92 Å². The van der Waals surface area contributed by atoms with E-state index >= 15 is 0 Å². The molecule has 0 spiro atoms. The first-order valence-electron chi connectivity index (χ1n) is 5.98. The molecule has 0 aromatic rings. The van der Waals surface area contributed by atoms with Crippen molar-refractivity contribution in [3.63, 3.8) is 0 Å². The number of hydrogen-bond acceptors (Lipinski definition) is 4. The second-order valence-electron chi connectivity index (χ2n) is 4.99. The molecule has 1 N–H and O–H groups in total. The van der Waals surface area contributed by atoms with Crippen LogP contribution in [0, 0.1) is 5.92 Å². The molecule has 17 heavy (non-hydrogen) atoms. The van der Waals surface area contributed by atoms with Crippen LogP contribution in [0.25, 0.3) is 0 Å². The van der Waals surface area contributed by atoms with Crippen LogP contribution in [-0.4, -0.2) is 48.4 Å².